The zero-order valence-corrected chi connectivity index (χ0v) is 9.67. The van der Waals surface area contributed by atoms with E-state index in [1.807, 2.05) is 0 Å². The summed E-state index contributed by atoms with van der Waals surface area (Å²) in [4.78, 5) is 10.8. The molecule has 0 amide bonds. The van der Waals surface area contributed by atoms with Crippen molar-refractivity contribution in [1.29, 1.82) is 0 Å². The van der Waals surface area contributed by atoms with Crippen LogP contribution in [0.1, 0.15) is 6.92 Å². The standard InChI is InChI=1S/C8H15O5P/c1-7(5-8(9)11-2)6-14(10,12-3)13-4/h5H,6H2,1-4H3. The molecule has 0 aromatic carbocycles. The molecule has 0 saturated carbocycles. The summed E-state index contributed by atoms with van der Waals surface area (Å²) in [5, 5.41) is 0. The molecule has 0 aromatic rings. The zero-order valence-electron chi connectivity index (χ0n) is 8.77. The third-order valence-electron chi connectivity index (χ3n) is 1.56. The summed E-state index contributed by atoms with van der Waals surface area (Å²) in [7, 11) is 0.799. The van der Waals surface area contributed by atoms with Gasteiger partial charge < -0.3 is 13.8 Å². The topological polar surface area (TPSA) is 61.8 Å². The van der Waals surface area contributed by atoms with Crippen LogP contribution < -0.4 is 0 Å². The number of hydrogen-bond donors (Lipinski definition) is 0. The van der Waals surface area contributed by atoms with Crippen LogP contribution in [0.5, 0.6) is 0 Å². The third kappa shape index (κ3) is 4.56. The Morgan fingerprint density at radius 1 is 1.29 bits per heavy atom. The Morgan fingerprint density at radius 2 is 1.79 bits per heavy atom. The highest BCUT2D eigenvalue weighted by Crippen LogP contribution is 2.47. The van der Waals surface area contributed by atoms with Gasteiger partial charge in [0.15, 0.2) is 0 Å². The normalized spacial score (nSPS) is 12.7. The van der Waals surface area contributed by atoms with Crippen LogP contribution in [0, 0.1) is 0 Å². The van der Waals surface area contributed by atoms with Crippen molar-refractivity contribution >= 4 is 13.6 Å². The van der Waals surface area contributed by atoms with Crippen LogP contribution in [0.3, 0.4) is 0 Å². The molecule has 0 aromatic heterocycles. The van der Waals surface area contributed by atoms with Gasteiger partial charge >= 0.3 is 13.6 Å². The summed E-state index contributed by atoms with van der Waals surface area (Å²) in [6.07, 6.45) is 1.33. The molecule has 0 heterocycles. The van der Waals surface area contributed by atoms with Gasteiger partial charge in [0, 0.05) is 20.3 Å². The van der Waals surface area contributed by atoms with Crippen molar-refractivity contribution in [3.63, 3.8) is 0 Å². The van der Waals surface area contributed by atoms with Gasteiger partial charge in [0.1, 0.15) is 0 Å². The van der Waals surface area contributed by atoms with Crippen molar-refractivity contribution in [2.75, 3.05) is 27.5 Å². The highest BCUT2D eigenvalue weighted by molar-refractivity contribution is 7.54. The van der Waals surface area contributed by atoms with Gasteiger partial charge in [0.05, 0.1) is 13.3 Å². The van der Waals surface area contributed by atoms with Crippen molar-refractivity contribution in [3.05, 3.63) is 11.6 Å². The number of hydrogen-bond acceptors (Lipinski definition) is 5. The quantitative estimate of drug-likeness (QED) is 0.401. The van der Waals surface area contributed by atoms with Crippen molar-refractivity contribution in [3.8, 4) is 0 Å². The number of allylic oxidation sites excluding steroid dienone is 1. The average Bonchev–Trinajstić information content (AvgIpc) is 2.17. The molecule has 0 radical (unpaired) electrons. The van der Waals surface area contributed by atoms with Gasteiger partial charge in [-0.1, -0.05) is 5.57 Å². The average molecular weight is 222 g/mol. The number of carbonyl (C=O) groups excluding carboxylic acids is 1. The smallest absolute Gasteiger partial charge is 0.334 e. The van der Waals surface area contributed by atoms with E-state index in [2.05, 4.69) is 4.74 Å². The number of carbonyl (C=O) groups is 1. The van der Waals surface area contributed by atoms with E-state index < -0.39 is 13.6 Å². The first-order valence-corrected chi connectivity index (χ1v) is 5.66. The van der Waals surface area contributed by atoms with Crippen LogP contribution in [0.2, 0.25) is 0 Å². The van der Waals surface area contributed by atoms with Crippen molar-refractivity contribution in [1.82, 2.24) is 0 Å². The monoisotopic (exact) mass is 222 g/mol. The first-order valence-electron chi connectivity index (χ1n) is 3.93. The fourth-order valence-corrected chi connectivity index (χ4v) is 1.92. The van der Waals surface area contributed by atoms with E-state index >= 15 is 0 Å². The number of esters is 1. The second kappa shape index (κ2) is 5.96. The summed E-state index contributed by atoms with van der Waals surface area (Å²) in [5.74, 6) is -0.485. The lowest BCUT2D eigenvalue weighted by Gasteiger charge is -2.13. The van der Waals surface area contributed by atoms with E-state index in [1.54, 1.807) is 6.92 Å². The lowest BCUT2D eigenvalue weighted by Crippen LogP contribution is -2.00. The molecule has 0 unspecified atom stereocenters. The highest BCUT2D eigenvalue weighted by atomic mass is 31.2. The minimum absolute atomic E-state index is 0.0785. The predicted octanol–water partition coefficient (Wildman–Crippen LogP) is 1.59. The summed E-state index contributed by atoms with van der Waals surface area (Å²) in [6.45, 7) is 1.65. The minimum atomic E-state index is -3.08. The van der Waals surface area contributed by atoms with Gasteiger partial charge in [-0.2, -0.15) is 0 Å². The van der Waals surface area contributed by atoms with Gasteiger partial charge in [0.2, 0.25) is 0 Å². The van der Waals surface area contributed by atoms with Crippen LogP contribution in [0.25, 0.3) is 0 Å². The molecule has 0 atom stereocenters. The molecular weight excluding hydrogens is 207 g/mol. The maximum Gasteiger partial charge on any atom is 0.334 e. The molecule has 5 nitrogen and oxygen atoms in total. The fourth-order valence-electron chi connectivity index (χ4n) is 0.815. The van der Waals surface area contributed by atoms with Gasteiger partial charge in [-0.25, -0.2) is 4.79 Å². The summed E-state index contributed by atoms with van der Waals surface area (Å²) in [5.41, 5.74) is 0.587. The molecule has 0 fully saturated rings. The Balaban J connectivity index is 4.44. The van der Waals surface area contributed by atoms with Crippen LogP contribution in [-0.2, 0) is 23.1 Å². The molecular formula is C8H15O5P. The Bertz CT molecular complexity index is 263. The summed E-state index contributed by atoms with van der Waals surface area (Å²) < 4.78 is 25.4. The van der Waals surface area contributed by atoms with E-state index in [9.17, 15) is 9.36 Å². The second-order valence-corrected chi connectivity index (χ2v) is 4.92. The molecule has 0 spiro atoms. The molecule has 14 heavy (non-hydrogen) atoms. The largest absolute Gasteiger partial charge is 0.466 e. The molecule has 0 aliphatic rings. The molecule has 0 N–H and O–H groups in total. The van der Waals surface area contributed by atoms with Crippen molar-refractivity contribution < 1.29 is 23.1 Å². The number of ether oxygens (including phenoxy) is 1. The van der Waals surface area contributed by atoms with Crippen molar-refractivity contribution in [2.24, 2.45) is 0 Å². The van der Waals surface area contributed by atoms with E-state index in [0.717, 1.165) is 0 Å². The second-order valence-electron chi connectivity index (χ2n) is 2.65. The molecule has 0 saturated heterocycles. The first-order chi connectivity index (χ1) is 6.47. The molecule has 0 bridgehead atoms. The lowest BCUT2D eigenvalue weighted by atomic mass is 10.3. The maximum absolute atomic E-state index is 11.6. The Morgan fingerprint density at radius 3 is 2.14 bits per heavy atom. The molecule has 6 heteroatoms. The highest BCUT2D eigenvalue weighted by Gasteiger charge is 2.21. The van der Waals surface area contributed by atoms with Gasteiger partial charge in [-0.15, -0.1) is 0 Å². The van der Waals surface area contributed by atoms with Crippen LogP contribution >= 0.6 is 7.60 Å². The van der Waals surface area contributed by atoms with Gasteiger partial charge in [-0.3, -0.25) is 4.57 Å². The van der Waals surface area contributed by atoms with Gasteiger partial charge in [0.25, 0.3) is 0 Å². The van der Waals surface area contributed by atoms with E-state index in [-0.39, 0.29) is 6.16 Å². The predicted molar refractivity (Wildman–Crippen MR) is 52.3 cm³/mol. The van der Waals surface area contributed by atoms with E-state index in [0.29, 0.717) is 5.57 Å². The van der Waals surface area contributed by atoms with Crippen LogP contribution in [0.4, 0.5) is 0 Å². The first kappa shape index (κ1) is 13.4. The summed E-state index contributed by atoms with van der Waals surface area (Å²) in [6, 6.07) is 0. The molecule has 0 aliphatic carbocycles. The number of methoxy groups -OCH3 is 1. The lowest BCUT2D eigenvalue weighted by molar-refractivity contribution is -0.134. The Hall–Kier alpha value is -0.640. The Kier molecular flexibility index (Phi) is 5.69. The minimum Gasteiger partial charge on any atom is -0.466 e. The van der Waals surface area contributed by atoms with E-state index in [1.165, 1.54) is 27.4 Å². The third-order valence-corrected chi connectivity index (χ3v) is 3.56. The SMILES string of the molecule is COC(=O)C=C(C)CP(=O)(OC)OC. The fraction of sp³-hybridized carbons (Fsp3) is 0.625. The van der Waals surface area contributed by atoms with Crippen LogP contribution in [-0.4, -0.2) is 33.5 Å². The van der Waals surface area contributed by atoms with Gasteiger partial charge in [-0.05, 0) is 6.92 Å². The van der Waals surface area contributed by atoms with Crippen LogP contribution in [0.15, 0.2) is 11.6 Å². The summed E-state index contributed by atoms with van der Waals surface area (Å²) >= 11 is 0. The molecule has 82 valence electrons. The molecule has 0 aliphatic heterocycles. The Labute approximate surface area is 83.6 Å². The zero-order chi connectivity index (χ0) is 11.2. The number of rotatable bonds is 5. The maximum atomic E-state index is 11.6. The van der Waals surface area contributed by atoms with E-state index in [4.69, 9.17) is 9.05 Å². The molecule has 0 rings (SSSR count). The van der Waals surface area contributed by atoms with Crippen molar-refractivity contribution in [2.45, 2.75) is 6.92 Å².